The molecule has 0 amide bonds. The van der Waals surface area contributed by atoms with Crippen LogP contribution in [0.25, 0.3) is 5.65 Å². The number of aliphatic hydroxyl groups excluding tert-OH is 1. The predicted octanol–water partition coefficient (Wildman–Crippen LogP) is 2.22. The van der Waals surface area contributed by atoms with Crippen LogP contribution in [-0.2, 0) is 6.54 Å². The summed E-state index contributed by atoms with van der Waals surface area (Å²) in [6.07, 6.45) is 6.16. The van der Waals surface area contributed by atoms with Crippen molar-refractivity contribution in [2.45, 2.75) is 33.2 Å². The van der Waals surface area contributed by atoms with Crippen molar-refractivity contribution in [2.75, 3.05) is 13.2 Å². The van der Waals surface area contributed by atoms with Gasteiger partial charge in [-0.3, -0.25) is 0 Å². The van der Waals surface area contributed by atoms with Crippen molar-refractivity contribution in [1.82, 2.24) is 14.7 Å². The zero-order valence-corrected chi connectivity index (χ0v) is 11.8. The monoisotopic (exact) mass is 261 g/mol. The lowest BCUT2D eigenvalue weighted by Crippen LogP contribution is -2.21. The van der Waals surface area contributed by atoms with E-state index in [2.05, 4.69) is 30.3 Å². The number of imidazole rings is 1. The molecular formula is C15H23N3O. The van der Waals surface area contributed by atoms with Crippen LogP contribution < -0.4 is 5.32 Å². The minimum atomic E-state index is 0.0325. The van der Waals surface area contributed by atoms with Crippen molar-refractivity contribution < 1.29 is 5.11 Å². The van der Waals surface area contributed by atoms with Gasteiger partial charge in [-0.25, -0.2) is 4.98 Å². The average Bonchev–Trinajstić information content (AvgIpc) is 2.81. The standard InChI is InChI=1S/C15H23N3O/c1-15(2,12-19)7-5-8-16-10-13-11-18-9-4-3-6-14(18)17-13/h3-4,6,9,11,16,19H,5,7-8,10,12H2,1-2H3. The largest absolute Gasteiger partial charge is 0.396 e. The van der Waals surface area contributed by atoms with E-state index in [1.807, 2.05) is 28.8 Å². The molecule has 0 spiro atoms. The molecule has 4 nitrogen and oxygen atoms in total. The van der Waals surface area contributed by atoms with Crippen LogP contribution >= 0.6 is 0 Å². The highest BCUT2D eigenvalue weighted by Crippen LogP contribution is 2.20. The Hall–Kier alpha value is -1.39. The number of pyridine rings is 1. The van der Waals surface area contributed by atoms with Crippen molar-refractivity contribution >= 4 is 5.65 Å². The fraction of sp³-hybridized carbons (Fsp3) is 0.533. The second-order valence-electron chi connectivity index (χ2n) is 5.80. The van der Waals surface area contributed by atoms with Crippen molar-refractivity contribution in [3.63, 3.8) is 0 Å². The van der Waals surface area contributed by atoms with Crippen LogP contribution in [0.2, 0.25) is 0 Å². The molecule has 0 saturated heterocycles. The maximum absolute atomic E-state index is 9.18. The molecule has 0 saturated carbocycles. The van der Waals surface area contributed by atoms with Gasteiger partial charge in [0.1, 0.15) is 5.65 Å². The third-order valence-corrected chi connectivity index (χ3v) is 3.36. The van der Waals surface area contributed by atoms with E-state index in [1.54, 1.807) is 0 Å². The number of aliphatic hydroxyl groups is 1. The van der Waals surface area contributed by atoms with Gasteiger partial charge >= 0.3 is 0 Å². The Kier molecular flexibility index (Phi) is 4.56. The Morgan fingerprint density at radius 1 is 1.37 bits per heavy atom. The average molecular weight is 261 g/mol. The SMILES string of the molecule is CC(C)(CO)CCCNCc1cn2ccccc2n1. The molecule has 2 aromatic heterocycles. The zero-order chi connectivity index (χ0) is 13.7. The van der Waals surface area contributed by atoms with Gasteiger partial charge in [0.2, 0.25) is 0 Å². The Morgan fingerprint density at radius 2 is 2.21 bits per heavy atom. The van der Waals surface area contributed by atoms with E-state index in [1.165, 1.54) is 0 Å². The molecule has 0 aliphatic rings. The molecule has 0 unspecified atom stereocenters. The summed E-state index contributed by atoms with van der Waals surface area (Å²) < 4.78 is 2.03. The molecule has 2 heterocycles. The summed E-state index contributed by atoms with van der Waals surface area (Å²) in [5.74, 6) is 0. The van der Waals surface area contributed by atoms with Crippen LogP contribution in [0.1, 0.15) is 32.4 Å². The lowest BCUT2D eigenvalue weighted by molar-refractivity contribution is 0.148. The first-order valence-electron chi connectivity index (χ1n) is 6.85. The number of nitrogens with zero attached hydrogens (tertiary/aromatic N) is 2. The Labute approximate surface area is 114 Å². The quantitative estimate of drug-likeness (QED) is 0.751. The topological polar surface area (TPSA) is 49.6 Å². The summed E-state index contributed by atoms with van der Waals surface area (Å²) in [7, 11) is 0. The Bertz CT molecular complexity index is 486. The Balaban J connectivity index is 1.74. The minimum Gasteiger partial charge on any atom is -0.396 e. The molecule has 2 N–H and O–H groups in total. The molecule has 2 rings (SSSR count). The number of fused-ring (bicyclic) bond motifs is 1. The van der Waals surface area contributed by atoms with Crippen molar-refractivity contribution in [3.8, 4) is 0 Å². The van der Waals surface area contributed by atoms with Crippen LogP contribution in [0, 0.1) is 5.41 Å². The van der Waals surface area contributed by atoms with Crippen LogP contribution in [0.5, 0.6) is 0 Å². The van der Waals surface area contributed by atoms with Gasteiger partial charge in [0, 0.05) is 25.5 Å². The smallest absolute Gasteiger partial charge is 0.137 e. The van der Waals surface area contributed by atoms with Crippen molar-refractivity contribution in [3.05, 3.63) is 36.3 Å². The molecule has 0 fully saturated rings. The third kappa shape index (κ3) is 4.04. The van der Waals surface area contributed by atoms with E-state index < -0.39 is 0 Å². The highest BCUT2D eigenvalue weighted by molar-refractivity contribution is 5.39. The molecule has 0 bridgehead atoms. The fourth-order valence-electron chi connectivity index (χ4n) is 2.06. The summed E-state index contributed by atoms with van der Waals surface area (Å²) in [6, 6.07) is 6.01. The van der Waals surface area contributed by atoms with E-state index in [-0.39, 0.29) is 12.0 Å². The van der Waals surface area contributed by atoms with Crippen LogP contribution in [0.4, 0.5) is 0 Å². The lowest BCUT2D eigenvalue weighted by Gasteiger charge is -2.21. The molecule has 19 heavy (non-hydrogen) atoms. The van der Waals surface area contributed by atoms with Crippen LogP contribution in [-0.4, -0.2) is 27.6 Å². The summed E-state index contributed by atoms with van der Waals surface area (Å²) in [5, 5.41) is 12.6. The van der Waals surface area contributed by atoms with Gasteiger partial charge in [-0.05, 0) is 36.9 Å². The van der Waals surface area contributed by atoms with E-state index in [4.69, 9.17) is 0 Å². The predicted molar refractivity (Wildman–Crippen MR) is 77.0 cm³/mol. The summed E-state index contributed by atoms with van der Waals surface area (Å²) >= 11 is 0. The summed E-state index contributed by atoms with van der Waals surface area (Å²) in [5.41, 5.74) is 2.08. The summed E-state index contributed by atoms with van der Waals surface area (Å²) in [6.45, 7) is 6.18. The molecule has 0 radical (unpaired) electrons. The van der Waals surface area contributed by atoms with Crippen molar-refractivity contribution in [1.29, 1.82) is 0 Å². The molecule has 0 aromatic carbocycles. The molecule has 104 valence electrons. The van der Waals surface area contributed by atoms with Gasteiger partial charge in [0.25, 0.3) is 0 Å². The number of hydrogen-bond acceptors (Lipinski definition) is 3. The van der Waals surface area contributed by atoms with E-state index in [0.717, 1.165) is 37.3 Å². The minimum absolute atomic E-state index is 0.0325. The van der Waals surface area contributed by atoms with Gasteiger partial charge in [0.15, 0.2) is 0 Å². The van der Waals surface area contributed by atoms with Gasteiger partial charge in [-0.2, -0.15) is 0 Å². The molecule has 2 aromatic rings. The second kappa shape index (κ2) is 6.17. The van der Waals surface area contributed by atoms with Gasteiger partial charge in [0.05, 0.1) is 5.69 Å². The van der Waals surface area contributed by atoms with Gasteiger partial charge < -0.3 is 14.8 Å². The number of rotatable bonds is 7. The maximum atomic E-state index is 9.18. The first kappa shape index (κ1) is 14.0. The lowest BCUT2D eigenvalue weighted by atomic mass is 9.89. The van der Waals surface area contributed by atoms with Crippen LogP contribution in [0.3, 0.4) is 0 Å². The highest BCUT2D eigenvalue weighted by Gasteiger charge is 2.15. The van der Waals surface area contributed by atoms with E-state index in [0.29, 0.717) is 0 Å². The van der Waals surface area contributed by atoms with Crippen LogP contribution in [0.15, 0.2) is 30.6 Å². The molecule has 0 atom stereocenters. The molecule has 0 aliphatic heterocycles. The fourth-order valence-corrected chi connectivity index (χ4v) is 2.06. The van der Waals surface area contributed by atoms with E-state index in [9.17, 15) is 5.11 Å². The molecular weight excluding hydrogens is 238 g/mol. The highest BCUT2D eigenvalue weighted by atomic mass is 16.3. The summed E-state index contributed by atoms with van der Waals surface area (Å²) in [4.78, 5) is 4.54. The first-order valence-corrected chi connectivity index (χ1v) is 6.85. The molecule has 0 aliphatic carbocycles. The third-order valence-electron chi connectivity index (χ3n) is 3.36. The van der Waals surface area contributed by atoms with Gasteiger partial charge in [-0.1, -0.05) is 19.9 Å². The zero-order valence-electron chi connectivity index (χ0n) is 11.8. The first-order chi connectivity index (χ1) is 9.11. The maximum Gasteiger partial charge on any atom is 0.137 e. The number of aromatic nitrogens is 2. The van der Waals surface area contributed by atoms with E-state index >= 15 is 0 Å². The molecule has 4 heteroatoms. The van der Waals surface area contributed by atoms with Crippen molar-refractivity contribution in [2.24, 2.45) is 5.41 Å². The normalized spacial score (nSPS) is 12.2. The number of hydrogen-bond donors (Lipinski definition) is 2. The number of nitrogens with one attached hydrogen (secondary N) is 1. The second-order valence-corrected chi connectivity index (χ2v) is 5.80. The Morgan fingerprint density at radius 3 is 2.95 bits per heavy atom. The van der Waals surface area contributed by atoms with Gasteiger partial charge in [-0.15, -0.1) is 0 Å².